The average molecular weight is 475 g/mol. The van der Waals surface area contributed by atoms with Crippen molar-refractivity contribution in [3.63, 3.8) is 0 Å². The summed E-state index contributed by atoms with van der Waals surface area (Å²) in [6.45, 7) is 0.513. The lowest BCUT2D eigenvalue weighted by molar-refractivity contribution is 0.599. The Morgan fingerprint density at radius 1 is 1.32 bits per heavy atom. The third kappa shape index (κ3) is 5.43. The lowest BCUT2D eigenvalue weighted by atomic mass is 10.3. The van der Waals surface area contributed by atoms with E-state index in [1.54, 1.807) is 7.05 Å². The summed E-state index contributed by atoms with van der Waals surface area (Å²) < 4.78 is 24.8. The molecule has 1 aromatic carbocycles. The van der Waals surface area contributed by atoms with Crippen LogP contribution in [-0.4, -0.2) is 48.8 Å². The van der Waals surface area contributed by atoms with Crippen LogP contribution in [0.4, 0.5) is 0 Å². The highest BCUT2D eigenvalue weighted by molar-refractivity contribution is 14.0. The van der Waals surface area contributed by atoms with Gasteiger partial charge in [-0.2, -0.15) is 5.10 Å². The summed E-state index contributed by atoms with van der Waals surface area (Å²) in [5, 5.41) is 10.8. The monoisotopic (exact) mass is 475 g/mol. The van der Waals surface area contributed by atoms with Gasteiger partial charge in [0.05, 0.1) is 29.4 Å². The second kappa shape index (κ2) is 8.65. The summed E-state index contributed by atoms with van der Waals surface area (Å²) in [5.74, 6) is 0.991. The van der Waals surface area contributed by atoms with Gasteiger partial charge in [0.1, 0.15) is 0 Å². The zero-order chi connectivity index (χ0) is 17.0. The number of aliphatic imine (C=N–C) groups is 1. The van der Waals surface area contributed by atoms with Gasteiger partial charge in [-0.15, -0.1) is 24.0 Å². The molecule has 1 fully saturated rings. The number of sulfone groups is 1. The van der Waals surface area contributed by atoms with Crippen molar-refractivity contribution in [1.82, 2.24) is 20.4 Å². The second-order valence-corrected chi connectivity index (χ2v) is 7.99. The first kappa shape index (κ1) is 19.7. The molecular weight excluding hydrogens is 453 g/mol. The van der Waals surface area contributed by atoms with Gasteiger partial charge in [-0.3, -0.25) is 4.99 Å². The van der Waals surface area contributed by atoms with E-state index in [2.05, 4.69) is 20.7 Å². The largest absolute Gasteiger partial charge is 0.353 e. The summed E-state index contributed by atoms with van der Waals surface area (Å²) >= 11 is 0. The van der Waals surface area contributed by atoms with Gasteiger partial charge in [0.25, 0.3) is 0 Å². The highest BCUT2D eigenvalue weighted by Crippen LogP contribution is 2.11. The summed E-state index contributed by atoms with van der Waals surface area (Å²) in [7, 11) is -1.24. The maximum absolute atomic E-state index is 11.5. The maximum Gasteiger partial charge on any atom is 0.191 e. The fourth-order valence-corrected chi connectivity index (χ4v) is 4.32. The molecule has 2 N–H and O–H groups in total. The predicted molar refractivity (Wildman–Crippen MR) is 109 cm³/mol. The Labute approximate surface area is 164 Å². The molecule has 1 aliphatic rings. The maximum atomic E-state index is 11.5. The predicted octanol–water partition coefficient (Wildman–Crippen LogP) is 1.34. The number of para-hydroxylation sites is 1. The number of benzene rings is 1. The third-order valence-electron chi connectivity index (χ3n) is 3.90. The smallest absolute Gasteiger partial charge is 0.191 e. The molecule has 0 amide bonds. The normalized spacial score (nSPS) is 19.2. The van der Waals surface area contributed by atoms with Crippen LogP contribution in [0.3, 0.4) is 0 Å². The van der Waals surface area contributed by atoms with Crippen LogP contribution in [0, 0.1) is 0 Å². The van der Waals surface area contributed by atoms with Crippen LogP contribution in [0.15, 0.2) is 47.6 Å². The molecule has 2 aromatic rings. The molecule has 3 rings (SSSR count). The van der Waals surface area contributed by atoms with E-state index < -0.39 is 9.84 Å². The molecular formula is C16H22IN5O2S. The van der Waals surface area contributed by atoms with E-state index in [4.69, 9.17) is 0 Å². The van der Waals surface area contributed by atoms with Crippen LogP contribution in [0.25, 0.3) is 5.69 Å². The van der Waals surface area contributed by atoms with Gasteiger partial charge in [0, 0.05) is 19.3 Å². The molecule has 1 atom stereocenters. The molecule has 1 saturated heterocycles. The molecule has 1 unspecified atom stereocenters. The number of nitrogens with zero attached hydrogens (tertiary/aromatic N) is 3. The van der Waals surface area contributed by atoms with Crippen molar-refractivity contribution in [3.8, 4) is 5.69 Å². The SMILES string of the molecule is CN=C(NCc1ccn(-c2ccccc2)n1)NC1CCS(=O)(=O)C1.I. The van der Waals surface area contributed by atoms with Gasteiger partial charge in [0.2, 0.25) is 0 Å². The van der Waals surface area contributed by atoms with Crippen LogP contribution in [0.1, 0.15) is 12.1 Å². The first-order chi connectivity index (χ1) is 11.6. The Hall–Kier alpha value is -1.62. The molecule has 0 saturated carbocycles. The van der Waals surface area contributed by atoms with Crippen molar-refractivity contribution in [1.29, 1.82) is 0 Å². The van der Waals surface area contributed by atoms with Gasteiger partial charge < -0.3 is 10.6 Å². The van der Waals surface area contributed by atoms with Gasteiger partial charge in [-0.1, -0.05) is 18.2 Å². The van der Waals surface area contributed by atoms with Crippen molar-refractivity contribution in [2.24, 2.45) is 4.99 Å². The van der Waals surface area contributed by atoms with Gasteiger partial charge in [-0.05, 0) is 24.6 Å². The van der Waals surface area contributed by atoms with Crippen molar-refractivity contribution >= 4 is 39.8 Å². The van der Waals surface area contributed by atoms with Crippen molar-refractivity contribution in [2.75, 3.05) is 18.6 Å². The highest BCUT2D eigenvalue weighted by atomic mass is 127. The van der Waals surface area contributed by atoms with Gasteiger partial charge in [-0.25, -0.2) is 13.1 Å². The van der Waals surface area contributed by atoms with Crippen LogP contribution in [0.2, 0.25) is 0 Å². The summed E-state index contributed by atoms with van der Waals surface area (Å²) in [6, 6.07) is 11.7. The molecule has 0 bridgehead atoms. The third-order valence-corrected chi connectivity index (χ3v) is 5.67. The van der Waals surface area contributed by atoms with Crippen molar-refractivity contribution in [3.05, 3.63) is 48.3 Å². The minimum absolute atomic E-state index is 0. The van der Waals surface area contributed by atoms with Gasteiger partial charge in [0.15, 0.2) is 15.8 Å². The van der Waals surface area contributed by atoms with E-state index in [1.807, 2.05) is 47.3 Å². The number of rotatable bonds is 4. The minimum atomic E-state index is -2.90. The van der Waals surface area contributed by atoms with E-state index in [0.717, 1.165) is 11.4 Å². The highest BCUT2D eigenvalue weighted by Gasteiger charge is 2.28. The van der Waals surface area contributed by atoms with E-state index >= 15 is 0 Å². The molecule has 2 heterocycles. The quantitative estimate of drug-likeness (QED) is 0.396. The Morgan fingerprint density at radius 3 is 2.72 bits per heavy atom. The first-order valence-corrected chi connectivity index (χ1v) is 9.65. The number of hydrogen-bond acceptors (Lipinski definition) is 4. The molecule has 25 heavy (non-hydrogen) atoms. The molecule has 1 aromatic heterocycles. The molecule has 0 aliphatic carbocycles. The van der Waals surface area contributed by atoms with Gasteiger partial charge >= 0.3 is 0 Å². The van der Waals surface area contributed by atoms with Crippen LogP contribution in [-0.2, 0) is 16.4 Å². The minimum Gasteiger partial charge on any atom is -0.353 e. The first-order valence-electron chi connectivity index (χ1n) is 7.83. The van der Waals surface area contributed by atoms with E-state index in [1.165, 1.54) is 0 Å². The number of halogens is 1. The van der Waals surface area contributed by atoms with Crippen LogP contribution >= 0.6 is 24.0 Å². The fourth-order valence-electron chi connectivity index (χ4n) is 2.65. The van der Waals surface area contributed by atoms with E-state index in [9.17, 15) is 8.42 Å². The Bertz CT molecular complexity index is 820. The zero-order valence-electron chi connectivity index (χ0n) is 13.9. The summed E-state index contributed by atoms with van der Waals surface area (Å²) in [5.41, 5.74) is 1.88. The molecule has 7 nitrogen and oxygen atoms in total. The number of nitrogens with one attached hydrogen (secondary N) is 2. The van der Waals surface area contributed by atoms with Crippen LogP contribution in [0.5, 0.6) is 0 Å². The fraction of sp³-hybridized carbons (Fsp3) is 0.375. The second-order valence-electron chi connectivity index (χ2n) is 5.76. The summed E-state index contributed by atoms with van der Waals surface area (Å²) in [6.07, 6.45) is 2.53. The zero-order valence-corrected chi connectivity index (χ0v) is 17.1. The van der Waals surface area contributed by atoms with Crippen molar-refractivity contribution in [2.45, 2.75) is 19.0 Å². The van der Waals surface area contributed by atoms with Crippen molar-refractivity contribution < 1.29 is 8.42 Å². The Balaban J connectivity index is 0.00000225. The molecule has 136 valence electrons. The topological polar surface area (TPSA) is 88.4 Å². The molecule has 0 radical (unpaired) electrons. The lowest BCUT2D eigenvalue weighted by Gasteiger charge is -2.15. The molecule has 1 aliphatic heterocycles. The molecule has 0 spiro atoms. The van der Waals surface area contributed by atoms with E-state index in [-0.39, 0.29) is 41.5 Å². The summed E-state index contributed by atoms with van der Waals surface area (Å²) in [4.78, 5) is 4.14. The van der Waals surface area contributed by atoms with E-state index in [0.29, 0.717) is 18.9 Å². The Kier molecular flexibility index (Phi) is 6.82. The Morgan fingerprint density at radius 2 is 2.08 bits per heavy atom. The average Bonchev–Trinajstić information content (AvgIpc) is 3.18. The number of guanidine groups is 1. The standard InChI is InChI=1S/C16H21N5O2S.HI/c1-17-16(19-14-8-10-24(22,23)12-14)18-11-13-7-9-21(20-13)15-5-3-2-4-6-15;/h2-7,9,14H,8,10-12H2,1H3,(H2,17,18,19);1H. The molecule has 9 heteroatoms. The number of hydrogen-bond donors (Lipinski definition) is 2. The lowest BCUT2D eigenvalue weighted by Crippen LogP contribution is -2.43. The number of aromatic nitrogens is 2. The van der Waals surface area contributed by atoms with Crippen LogP contribution < -0.4 is 10.6 Å².